The molecule has 6 rings (SSSR count). The molecule has 0 aromatic heterocycles. The molecule has 1 heterocycles. The largest absolute Gasteiger partial charge is 0.455 e. The maximum Gasteiger partial charge on any atom is 0.303 e. The normalized spacial score (nSPS) is 58.7. The number of carbonyl (C=O) groups excluding carboxylic acids is 1. The van der Waals surface area contributed by atoms with Crippen molar-refractivity contribution >= 4 is 5.97 Å². The van der Waals surface area contributed by atoms with Gasteiger partial charge in [-0.2, -0.15) is 0 Å². The summed E-state index contributed by atoms with van der Waals surface area (Å²) in [5, 5.41) is 35.7. The molecule has 0 radical (unpaired) electrons. The number of methoxy groups -OCH3 is 4. The standard InChI is InChI=1S/C26H41NO9/c1-12(28)36-26-15-13(9-24(31,20(15)29)22(35-6)21(26)30)25-14(33-4)7-8-23(11-32-3)10-27(2)19(25)16(26)17(34-5)18(23)25/h13-22,29-31H,7-11H2,1-6H3/t13?,14-,15?,16?,17-,18?,19?,20+,21-,22-,23-,24+,25-,26+/m0/s1. The lowest BCUT2D eigenvalue weighted by atomic mass is 9.43. The van der Waals surface area contributed by atoms with E-state index in [1.165, 1.54) is 14.0 Å². The minimum Gasteiger partial charge on any atom is -0.455 e. The Labute approximate surface area is 212 Å². The van der Waals surface area contributed by atoms with Gasteiger partial charge in [-0.05, 0) is 32.2 Å². The van der Waals surface area contributed by atoms with Crippen LogP contribution in [0.15, 0.2) is 0 Å². The van der Waals surface area contributed by atoms with Crippen molar-refractivity contribution in [2.45, 2.75) is 73.9 Å². The second-order valence-electron chi connectivity index (χ2n) is 12.4. The molecule has 3 N–H and O–H groups in total. The van der Waals surface area contributed by atoms with Gasteiger partial charge in [-0.3, -0.25) is 4.79 Å². The van der Waals surface area contributed by atoms with Crippen molar-refractivity contribution < 1.29 is 43.8 Å². The van der Waals surface area contributed by atoms with Gasteiger partial charge in [-0.15, -0.1) is 0 Å². The third-order valence-electron chi connectivity index (χ3n) is 11.6. The zero-order chi connectivity index (χ0) is 26.0. The van der Waals surface area contributed by atoms with E-state index in [1.54, 1.807) is 21.3 Å². The minimum absolute atomic E-state index is 0.0365. The monoisotopic (exact) mass is 511 g/mol. The third kappa shape index (κ3) is 2.45. The summed E-state index contributed by atoms with van der Waals surface area (Å²) in [5.41, 5.74) is -3.94. The molecule has 0 aromatic rings. The van der Waals surface area contributed by atoms with Gasteiger partial charge in [-0.1, -0.05) is 0 Å². The molecular weight excluding hydrogens is 470 g/mol. The Morgan fingerprint density at radius 1 is 1.06 bits per heavy atom. The fraction of sp³-hybridized carbons (Fsp3) is 0.962. The number of likely N-dealkylation sites (tertiary alicyclic amines) is 1. The van der Waals surface area contributed by atoms with Gasteiger partial charge in [-0.25, -0.2) is 0 Å². The molecule has 6 aliphatic rings. The Morgan fingerprint density at radius 3 is 2.36 bits per heavy atom. The summed E-state index contributed by atoms with van der Waals surface area (Å²) < 4.78 is 30.4. The van der Waals surface area contributed by atoms with E-state index in [2.05, 4.69) is 11.9 Å². The average Bonchev–Trinajstić information content (AvgIpc) is 3.19. The molecule has 5 aliphatic carbocycles. The Morgan fingerprint density at radius 2 is 1.78 bits per heavy atom. The molecule has 5 unspecified atom stereocenters. The molecule has 204 valence electrons. The van der Waals surface area contributed by atoms with Gasteiger partial charge in [0.05, 0.1) is 24.9 Å². The van der Waals surface area contributed by atoms with Crippen LogP contribution in [-0.4, -0.2) is 123 Å². The quantitative estimate of drug-likeness (QED) is 0.399. The first kappa shape index (κ1) is 25.4. The number of carbonyl (C=O) groups is 1. The molecule has 1 saturated heterocycles. The van der Waals surface area contributed by atoms with Crippen molar-refractivity contribution in [1.82, 2.24) is 4.90 Å². The van der Waals surface area contributed by atoms with E-state index in [4.69, 9.17) is 23.7 Å². The van der Waals surface area contributed by atoms with E-state index in [-0.39, 0.29) is 41.9 Å². The van der Waals surface area contributed by atoms with Crippen LogP contribution in [0.1, 0.15) is 26.2 Å². The number of ether oxygens (including phenoxy) is 5. The maximum atomic E-state index is 12.7. The van der Waals surface area contributed by atoms with Gasteiger partial charge >= 0.3 is 5.97 Å². The van der Waals surface area contributed by atoms with Gasteiger partial charge in [0.2, 0.25) is 0 Å². The van der Waals surface area contributed by atoms with Crippen LogP contribution in [0.3, 0.4) is 0 Å². The fourth-order valence-corrected chi connectivity index (χ4v) is 11.3. The fourth-order valence-electron chi connectivity index (χ4n) is 11.3. The van der Waals surface area contributed by atoms with Crippen molar-refractivity contribution in [3.63, 3.8) is 0 Å². The van der Waals surface area contributed by atoms with Crippen molar-refractivity contribution in [2.75, 3.05) is 48.6 Å². The highest BCUT2D eigenvalue weighted by molar-refractivity contribution is 5.67. The molecule has 1 spiro atoms. The summed E-state index contributed by atoms with van der Waals surface area (Å²) in [6.45, 7) is 2.64. The predicted molar refractivity (Wildman–Crippen MR) is 125 cm³/mol. The Balaban J connectivity index is 1.69. The molecule has 36 heavy (non-hydrogen) atoms. The van der Waals surface area contributed by atoms with Gasteiger partial charge in [0.1, 0.15) is 17.8 Å². The molecule has 7 bridgehead atoms. The van der Waals surface area contributed by atoms with E-state index in [1.807, 2.05) is 0 Å². The minimum atomic E-state index is -1.68. The van der Waals surface area contributed by atoms with Crippen LogP contribution in [0, 0.1) is 34.5 Å². The molecule has 10 heteroatoms. The average molecular weight is 512 g/mol. The summed E-state index contributed by atoms with van der Waals surface area (Å²) in [5.74, 6) is -2.05. The molecule has 1 aliphatic heterocycles. The van der Waals surface area contributed by atoms with E-state index in [9.17, 15) is 20.1 Å². The Hall–Kier alpha value is -0.850. The number of hydrogen-bond acceptors (Lipinski definition) is 10. The molecule has 10 nitrogen and oxygen atoms in total. The van der Waals surface area contributed by atoms with E-state index >= 15 is 0 Å². The lowest BCUT2D eigenvalue weighted by Gasteiger charge is -2.69. The van der Waals surface area contributed by atoms with Crippen LogP contribution in [0.4, 0.5) is 0 Å². The number of esters is 1. The van der Waals surface area contributed by atoms with Crippen molar-refractivity contribution in [1.29, 1.82) is 0 Å². The Bertz CT molecular complexity index is 935. The summed E-state index contributed by atoms with van der Waals surface area (Å²) >= 11 is 0. The summed E-state index contributed by atoms with van der Waals surface area (Å²) in [6.07, 6.45) is -2.35. The first-order valence-electron chi connectivity index (χ1n) is 13.1. The van der Waals surface area contributed by atoms with Crippen LogP contribution >= 0.6 is 0 Å². The van der Waals surface area contributed by atoms with Gasteiger partial charge < -0.3 is 43.9 Å². The van der Waals surface area contributed by atoms with Crippen molar-refractivity contribution in [2.24, 2.45) is 34.5 Å². The number of hydrogen-bond donors (Lipinski definition) is 3. The van der Waals surface area contributed by atoms with E-state index in [0.29, 0.717) is 6.61 Å². The van der Waals surface area contributed by atoms with Crippen LogP contribution < -0.4 is 0 Å². The molecule has 5 saturated carbocycles. The number of aliphatic hydroxyl groups is 3. The van der Waals surface area contributed by atoms with Crippen LogP contribution in [0.25, 0.3) is 0 Å². The molecule has 6 fully saturated rings. The highest BCUT2D eigenvalue weighted by atomic mass is 16.6. The maximum absolute atomic E-state index is 12.7. The zero-order valence-corrected chi connectivity index (χ0v) is 22.0. The van der Waals surface area contributed by atoms with Crippen molar-refractivity contribution in [3.05, 3.63) is 0 Å². The Kier molecular flexibility index (Phi) is 5.54. The lowest BCUT2D eigenvalue weighted by molar-refractivity contribution is -0.317. The second kappa shape index (κ2) is 7.85. The van der Waals surface area contributed by atoms with E-state index in [0.717, 1.165) is 19.4 Å². The first-order valence-corrected chi connectivity index (χ1v) is 13.1. The first-order chi connectivity index (χ1) is 17.1. The summed E-state index contributed by atoms with van der Waals surface area (Å²) in [7, 11) is 8.64. The highest BCUT2D eigenvalue weighted by Crippen LogP contribution is 2.80. The zero-order valence-electron chi connectivity index (χ0n) is 22.0. The smallest absolute Gasteiger partial charge is 0.303 e. The molecule has 0 amide bonds. The second-order valence-corrected chi connectivity index (χ2v) is 12.4. The third-order valence-corrected chi connectivity index (χ3v) is 11.6. The van der Waals surface area contributed by atoms with Gasteiger partial charge in [0.25, 0.3) is 0 Å². The van der Waals surface area contributed by atoms with Crippen LogP contribution in [0.5, 0.6) is 0 Å². The predicted octanol–water partition coefficient (Wildman–Crippen LogP) is -0.577. The number of fused-ring (bicyclic) bond motifs is 2. The summed E-state index contributed by atoms with van der Waals surface area (Å²) in [4.78, 5) is 15.1. The molecule has 0 aromatic carbocycles. The van der Waals surface area contributed by atoms with Crippen LogP contribution in [0.2, 0.25) is 0 Å². The highest BCUT2D eigenvalue weighted by Gasteiger charge is 2.90. The molecule has 14 atom stereocenters. The van der Waals surface area contributed by atoms with Crippen molar-refractivity contribution in [3.8, 4) is 0 Å². The SMILES string of the molecule is COC[C@]12CC[C@H](OC)[C@]34C5C[C@@]6(O)[C@H](O)C5[C@@](OC(C)=O)(C(C3N(C)C1)[C@H](OC)C24)[C@@H](O)[C@@H]6OC. The number of aliphatic hydroxyl groups excluding tert-OH is 2. The van der Waals surface area contributed by atoms with Crippen LogP contribution in [-0.2, 0) is 28.5 Å². The molecular formula is C26H41NO9. The van der Waals surface area contributed by atoms with E-state index < -0.39 is 52.7 Å². The topological polar surface area (TPSA) is 127 Å². The number of piperidine rings is 1. The number of rotatable bonds is 6. The lowest BCUT2D eigenvalue weighted by Crippen LogP contribution is -2.80. The summed E-state index contributed by atoms with van der Waals surface area (Å²) in [6, 6.07) is -0.164. The van der Waals surface area contributed by atoms with Gasteiger partial charge in [0, 0.05) is 76.5 Å². The van der Waals surface area contributed by atoms with Gasteiger partial charge in [0.15, 0.2) is 5.60 Å². The number of nitrogens with zero attached hydrogens (tertiary/aromatic N) is 1.